The minimum absolute atomic E-state index is 0.0400. The van der Waals surface area contributed by atoms with Crippen LogP contribution >= 0.6 is 0 Å². The van der Waals surface area contributed by atoms with E-state index in [-0.39, 0.29) is 25.3 Å². The monoisotopic (exact) mass is 325 g/mol. The van der Waals surface area contributed by atoms with E-state index in [0.717, 1.165) is 12.1 Å². The van der Waals surface area contributed by atoms with E-state index in [1.165, 1.54) is 5.56 Å². The van der Waals surface area contributed by atoms with Gasteiger partial charge in [-0.3, -0.25) is 4.79 Å². The number of anilines is 2. The molecule has 4 rings (SSSR count). The van der Waals surface area contributed by atoms with Crippen molar-refractivity contribution >= 4 is 17.3 Å². The number of hydrogen-bond donors (Lipinski definition) is 2. The first-order chi connectivity index (χ1) is 11.7. The molecule has 0 aliphatic carbocycles. The van der Waals surface area contributed by atoms with Gasteiger partial charge in [0, 0.05) is 30.0 Å². The molecule has 0 fully saturated rings. The number of nitrogens with one attached hydrogen (secondary N) is 1. The molecular weight excluding hydrogens is 306 g/mol. The van der Waals surface area contributed by atoms with Crippen LogP contribution in [0.25, 0.3) is 0 Å². The summed E-state index contributed by atoms with van der Waals surface area (Å²) in [5.74, 6) is 1.26. The normalized spacial score (nSPS) is 18.2. The largest absolute Gasteiger partial charge is 0.454 e. The SMILES string of the molecule is NC1Cc2ccccc2N(CC(=O)Nc2ccc3c(c2)OCO3)C1. The summed E-state index contributed by atoms with van der Waals surface area (Å²) >= 11 is 0. The second-order valence-electron chi connectivity index (χ2n) is 6.09. The van der Waals surface area contributed by atoms with Gasteiger partial charge in [0.15, 0.2) is 11.5 Å². The molecule has 0 aromatic heterocycles. The zero-order chi connectivity index (χ0) is 16.5. The molecule has 1 unspecified atom stereocenters. The number of nitrogens with two attached hydrogens (primary N) is 1. The number of ether oxygens (including phenoxy) is 2. The molecule has 0 saturated carbocycles. The van der Waals surface area contributed by atoms with Crippen LogP contribution in [0.4, 0.5) is 11.4 Å². The molecule has 2 aromatic carbocycles. The van der Waals surface area contributed by atoms with Crippen LogP contribution in [-0.4, -0.2) is 31.8 Å². The number of benzene rings is 2. The molecule has 6 nitrogen and oxygen atoms in total. The third-order valence-electron chi connectivity index (χ3n) is 4.26. The molecule has 6 heteroatoms. The van der Waals surface area contributed by atoms with Crippen molar-refractivity contribution < 1.29 is 14.3 Å². The maximum atomic E-state index is 12.4. The summed E-state index contributed by atoms with van der Waals surface area (Å²) < 4.78 is 10.6. The fourth-order valence-electron chi connectivity index (χ4n) is 3.22. The van der Waals surface area contributed by atoms with Crippen molar-refractivity contribution in [3.63, 3.8) is 0 Å². The van der Waals surface area contributed by atoms with Crippen molar-refractivity contribution in [2.75, 3.05) is 30.1 Å². The Bertz CT molecular complexity index is 778. The fourth-order valence-corrected chi connectivity index (χ4v) is 3.22. The zero-order valence-electron chi connectivity index (χ0n) is 13.2. The Kier molecular flexibility index (Phi) is 3.74. The third-order valence-corrected chi connectivity index (χ3v) is 4.26. The highest BCUT2D eigenvalue weighted by Crippen LogP contribution is 2.34. The van der Waals surface area contributed by atoms with Crippen LogP contribution in [0.1, 0.15) is 5.56 Å². The van der Waals surface area contributed by atoms with Crippen LogP contribution in [0.15, 0.2) is 42.5 Å². The standard InChI is InChI=1S/C18H19N3O3/c19-13-7-12-3-1-2-4-15(12)21(9-13)10-18(22)20-14-5-6-16-17(8-14)24-11-23-16/h1-6,8,13H,7,9-11,19H2,(H,20,22). The average Bonchev–Trinajstić information content (AvgIpc) is 3.02. The van der Waals surface area contributed by atoms with Gasteiger partial charge >= 0.3 is 0 Å². The fraction of sp³-hybridized carbons (Fsp3) is 0.278. The molecular formula is C18H19N3O3. The van der Waals surface area contributed by atoms with Crippen molar-refractivity contribution in [3.05, 3.63) is 48.0 Å². The summed E-state index contributed by atoms with van der Waals surface area (Å²) in [4.78, 5) is 14.5. The quantitative estimate of drug-likeness (QED) is 0.899. The van der Waals surface area contributed by atoms with Gasteiger partial charge in [-0.05, 0) is 30.2 Å². The van der Waals surface area contributed by atoms with E-state index >= 15 is 0 Å². The third kappa shape index (κ3) is 2.88. The number of fused-ring (bicyclic) bond motifs is 2. The molecule has 124 valence electrons. The molecule has 0 saturated heterocycles. The first kappa shape index (κ1) is 14.8. The maximum absolute atomic E-state index is 12.4. The van der Waals surface area contributed by atoms with E-state index in [1.54, 1.807) is 18.2 Å². The number of hydrogen-bond acceptors (Lipinski definition) is 5. The summed E-state index contributed by atoms with van der Waals surface area (Å²) in [6.07, 6.45) is 0.844. The molecule has 2 aromatic rings. The molecule has 24 heavy (non-hydrogen) atoms. The van der Waals surface area contributed by atoms with Crippen molar-refractivity contribution in [2.45, 2.75) is 12.5 Å². The van der Waals surface area contributed by atoms with Crippen LogP contribution in [0.3, 0.4) is 0 Å². The molecule has 2 aliphatic heterocycles. The summed E-state index contributed by atoms with van der Waals surface area (Å²) in [6, 6.07) is 13.5. The molecule has 0 bridgehead atoms. The van der Waals surface area contributed by atoms with Crippen LogP contribution in [0.5, 0.6) is 11.5 Å². The van der Waals surface area contributed by atoms with Crippen molar-refractivity contribution in [3.8, 4) is 11.5 Å². The maximum Gasteiger partial charge on any atom is 0.243 e. The minimum atomic E-state index is -0.0854. The Balaban J connectivity index is 1.46. The number of nitrogens with zero attached hydrogens (tertiary/aromatic N) is 1. The van der Waals surface area contributed by atoms with Gasteiger partial charge in [0.05, 0.1) is 6.54 Å². The summed E-state index contributed by atoms with van der Waals surface area (Å²) in [5, 5.41) is 2.91. The van der Waals surface area contributed by atoms with E-state index in [0.29, 0.717) is 23.7 Å². The summed E-state index contributed by atoms with van der Waals surface area (Å²) in [5.41, 5.74) is 9.09. The summed E-state index contributed by atoms with van der Waals surface area (Å²) in [6.45, 7) is 1.15. The lowest BCUT2D eigenvalue weighted by Gasteiger charge is -2.34. The Labute approximate surface area is 140 Å². The van der Waals surface area contributed by atoms with Gasteiger partial charge in [-0.15, -0.1) is 0 Å². The van der Waals surface area contributed by atoms with E-state index in [1.807, 2.05) is 23.1 Å². The number of amides is 1. The smallest absolute Gasteiger partial charge is 0.243 e. The van der Waals surface area contributed by atoms with E-state index in [4.69, 9.17) is 15.2 Å². The van der Waals surface area contributed by atoms with Gasteiger partial charge in [-0.2, -0.15) is 0 Å². The minimum Gasteiger partial charge on any atom is -0.454 e. The number of carbonyl (C=O) groups excluding carboxylic acids is 1. The molecule has 1 atom stereocenters. The number of rotatable bonds is 3. The van der Waals surface area contributed by atoms with E-state index in [9.17, 15) is 4.79 Å². The lowest BCUT2D eigenvalue weighted by molar-refractivity contribution is -0.115. The lowest BCUT2D eigenvalue weighted by atomic mass is 9.98. The predicted octanol–water partition coefficient (Wildman–Crippen LogP) is 1.74. The van der Waals surface area contributed by atoms with E-state index < -0.39 is 0 Å². The van der Waals surface area contributed by atoms with Gasteiger partial charge in [-0.1, -0.05) is 18.2 Å². The Morgan fingerprint density at radius 3 is 2.96 bits per heavy atom. The van der Waals surface area contributed by atoms with Crippen LogP contribution in [0.2, 0.25) is 0 Å². The second-order valence-corrected chi connectivity index (χ2v) is 6.09. The highest BCUT2D eigenvalue weighted by molar-refractivity contribution is 5.94. The first-order valence-electron chi connectivity index (χ1n) is 7.97. The van der Waals surface area contributed by atoms with Gasteiger partial charge in [0.25, 0.3) is 0 Å². The topological polar surface area (TPSA) is 76.8 Å². The molecule has 3 N–H and O–H groups in total. The highest BCUT2D eigenvalue weighted by atomic mass is 16.7. The first-order valence-corrected chi connectivity index (χ1v) is 7.97. The van der Waals surface area contributed by atoms with Gasteiger partial charge in [0.2, 0.25) is 12.7 Å². The van der Waals surface area contributed by atoms with Crippen molar-refractivity contribution in [1.29, 1.82) is 0 Å². The molecule has 2 heterocycles. The number of carbonyl (C=O) groups is 1. The van der Waals surface area contributed by atoms with Gasteiger partial charge in [0.1, 0.15) is 0 Å². The van der Waals surface area contributed by atoms with Gasteiger partial charge in [-0.25, -0.2) is 0 Å². The lowest BCUT2D eigenvalue weighted by Crippen LogP contribution is -2.46. The Hall–Kier alpha value is -2.73. The number of para-hydroxylation sites is 1. The molecule has 2 aliphatic rings. The molecule has 0 spiro atoms. The van der Waals surface area contributed by atoms with E-state index in [2.05, 4.69) is 11.4 Å². The van der Waals surface area contributed by atoms with Crippen molar-refractivity contribution in [2.24, 2.45) is 5.73 Å². The predicted molar refractivity (Wildman–Crippen MR) is 91.5 cm³/mol. The average molecular weight is 325 g/mol. The zero-order valence-corrected chi connectivity index (χ0v) is 13.2. The molecule has 0 radical (unpaired) electrons. The van der Waals surface area contributed by atoms with Crippen LogP contribution in [-0.2, 0) is 11.2 Å². The van der Waals surface area contributed by atoms with Crippen molar-refractivity contribution in [1.82, 2.24) is 0 Å². The second kappa shape index (κ2) is 6.05. The van der Waals surface area contributed by atoms with Gasteiger partial charge < -0.3 is 25.4 Å². The highest BCUT2D eigenvalue weighted by Gasteiger charge is 2.23. The summed E-state index contributed by atoms with van der Waals surface area (Å²) in [7, 11) is 0. The van der Waals surface area contributed by atoms with Crippen LogP contribution in [0, 0.1) is 0 Å². The Morgan fingerprint density at radius 2 is 2.04 bits per heavy atom. The van der Waals surface area contributed by atoms with Crippen LogP contribution < -0.4 is 25.4 Å². The Morgan fingerprint density at radius 1 is 1.21 bits per heavy atom. The molecule has 1 amide bonds.